The van der Waals surface area contributed by atoms with Crippen LogP contribution in [0.15, 0.2) is 64.2 Å². The third-order valence-electron chi connectivity index (χ3n) is 5.17. The van der Waals surface area contributed by atoms with Gasteiger partial charge in [0, 0.05) is 21.4 Å². The van der Waals surface area contributed by atoms with Crippen molar-refractivity contribution in [2.24, 2.45) is 11.1 Å². The fourth-order valence-electron chi connectivity index (χ4n) is 3.91. The first-order valence-electron chi connectivity index (χ1n) is 9.17. The summed E-state index contributed by atoms with van der Waals surface area (Å²) in [5, 5.41) is 13.0. The van der Waals surface area contributed by atoms with E-state index in [1.54, 1.807) is 6.07 Å². The zero-order valence-electron chi connectivity index (χ0n) is 15.5. The Hall–Kier alpha value is -2.54. The van der Waals surface area contributed by atoms with Crippen LogP contribution in [0.3, 0.4) is 0 Å². The maximum atomic E-state index is 13.3. The van der Waals surface area contributed by atoms with Gasteiger partial charge in [0.25, 0.3) is 0 Å². The molecular formula is C22H18BrF3N2O. The second kappa shape index (κ2) is 7.37. The first-order valence-corrected chi connectivity index (χ1v) is 9.96. The number of aromatic nitrogens is 1. The van der Waals surface area contributed by atoms with Crippen molar-refractivity contribution in [2.75, 3.05) is 0 Å². The number of oxime groups is 1. The summed E-state index contributed by atoms with van der Waals surface area (Å²) >= 11 is 3.46. The third kappa shape index (κ3) is 3.71. The average molecular weight is 463 g/mol. The van der Waals surface area contributed by atoms with E-state index >= 15 is 0 Å². The van der Waals surface area contributed by atoms with Crippen molar-refractivity contribution >= 4 is 21.6 Å². The highest BCUT2D eigenvalue weighted by atomic mass is 79.9. The fraction of sp³-hybridized carbons (Fsp3) is 0.227. The van der Waals surface area contributed by atoms with Crippen LogP contribution in [0.4, 0.5) is 13.2 Å². The highest BCUT2D eigenvalue weighted by Crippen LogP contribution is 2.38. The molecule has 1 aromatic heterocycles. The Morgan fingerprint density at radius 1 is 1.07 bits per heavy atom. The summed E-state index contributed by atoms with van der Waals surface area (Å²) in [4.78, 5) is 0. The molecule has 150 valence electrons. The predicted octanol–water partition coefficient (Wildman–Crippen LogP) is 6.69. The predicted molar refractivity (Wildman–Crippen MR) is 110 cm³/mol. The van der Waals surface area contributed by atoms with Gasteiger partial charge in [0.1, 0.15) is 0 Å². The molecular weight excluding hydrogens is 445 g/mol. The van der Waals surface area contributed by atoms with E-state index in [1.807, 2.05) is 41.8 Å². The molecule has 0 fully saturated rings. The Labute approximate surface area is 174 Å². The van der Waals surface area contributed by atoms with Crippen molar-refractivity contribution in [3.05, 3.63) is 75.9 Å². The van der Waals surface area contributed by atoms with Crippen LogP contribution >= 0.6 is 15.9 Å². The van der Waals surface area contributed by atoms with Gasteiger partial charge in [-0.3, -0.25) is 0 Å². The molecule has 4 rings (SSSR count). The zero-order valence-corrected chi connectivity index (χ0v) is 17.1. The molecule has 1 aliphatic rings. The molecule has 0 radical (unpaired) electrons. The topological polar surface area (TPSA) is 37.5 Å². The van der Waals surface area contributed by atoms with Crippen LogP contribution in [0.1, 0.15) is 30.2 Å². The second-order valence-corrected chi connectivity index (χ2v) is 8.26. The van der Waals surface area contributed by atoms with Crippen LogP contribution in [-0.2, 0) is 12.6 Å². The van der Waals surface area contributed by atoms with E-state index in [1.165, 1.54) is 6.07 Å². The number of halogens is 4. The highest BCUT2D eigenvalue weighted by molar-refractivity contribution is 9.10. The number of hydrogen-bond acceptors (Lipinski definition) is 2. The average Bonchev–Trinajstić information content (AvgIpc) is 3.06. The molecule has 1 unspecified atom stereocenters. The molecule has 0 spiro atoms. The van der Waals surface area contributed by atoms with E-state index in [4.69, 9.17) is 0 Å². The SMILES string of the molecule is CC1C/C(=N/O)c2cc(-c3cccc(Br)c3)n(-c3cccc(C(F)(F)F)c3)c2C1. The van der Waals surface area contributed by atoms with Gasteiger partial charge in [-0.15, -0.1) is 0 Å². The molecule has 0 saturated heterocycles. The number of rotatable bonds is 2. The lowest BCUT2D eigenvalue weighted by Crippen LogP contribution is -2.20. The Morgan fingerprint density at radius 2 is 1.83 bits per heavy atom. The summed E-state index contributed by atoms with van der Waals surface area (Å²) in [5.74, 6) is 0.211. The summed E-state index contributed by atoms with van der Waals surface area (Å²) in [5.41, 5.74) is 3.53. The lowest BCUT2D eigenvalue weighted by Gasteiger charge is -2.23. The molecule has 0 bridgehead atoms. The largest absolute Gasteiger partial charge is 0.416 e. The van der Waals surface area contributed by atoms with Gasteiger partial charge in [-0.05, 0) is 60.7 Å². The molecule has 1 aliphatic carbocycles. The minimum absolute atomic E-state index is 0.211. The van der Waals surface area contributed by atoms with Crippen molar-refractivity contribution in [3.63, 3.8) is 0 Å². The summed E-state index contributed by atoms with van der Waals surface area (Å²) in [6, 6.07) is 14.8. The molecule has 3 aromatic rings. The molecule has 0 saturated carbocycles. The maximum absolute atomic E-state index is 13.3. The van der Waals surface area contributed by atoms with Gasteiger partial charge < -0.3 is 9.77 Å². The van der Waals surface area contributed by atoms with Crippen LogP contribution in [-0.4, -0.2) is 15.5 Å². The van der Waals surface area contributed by atoms with Gasteiger partial charge in [0.15, 0.2) is 0 Å². The maximum Gasteiger partial charge on any atom is 0.416 e. The van der Waals surface area contributed by atoms with Gasteiger partial charge in [-0.1, -0.05) is 46.2 Å². The zero-order chi connectivity index (χ0) is 20.8. The number of fused-ring (bicyclic) bond motifs is 1. The third-order valence-corrected chi connectivity index (χ3v) is 5.66. The van der Waals surface area contributed by atoms with Gasteiger partial charge in [-0.2, -0.15) is 13.2 Å². The number of alkyl halides is 3. The lowest BCUT2D eigenvalue weighted by molar-refractivity contribution is -0.137. The van der Waals surface area contributed by atoms with Crippen molar-refractivity contribution < 1.29 is 18.4 Å². The summed E-state index contributed by atoms with van der Waals surface area (Å²) in [7, 11) is 0. The van der Waals surface area contributed by atoms with E-state index in [0.717, 1.165) is 39.1 Å². The van der Waals surface area contributed by atoms with E-state index in [2.05, 4.69) is 21.1 Å². The minimum Gasteiger partial charge on any atom is -0.411 e. The Bertz CT molecular complexity index is 1100. The van der Waals surface area contributed by atoms with Gasteiger partial charge in [0.2, 0.25) is 0 Å². The van der Waals surface area contributed by atoms with Gasteiger partial charge in [0.05, 0.1) is 17.0 Å². The van der Waals surface area contributed by atoms with Crippen LogP contribution < -0.4 is 0 Å². The van der Waals surface area contributed by atoms with Crippen LogP contribution in [0.5, 0.6) is 0 Å². The van der Waals surface area contributed by atoms with Crippen LogP contribution in [0.25, 0.3) is 16.9 Å². The van der Waals surface area contributed by atoms with E-state index in [9.17, 15) is 18.4 Å². The van der Waals surface area contributed by atoms with Gasteiger partial charge in [-0.25, -0.2) is 0 Å². The molecule has 2 aromatic carbocycles. The molecule has 7 heteroatoms. The Kier molecular flexibility index (Phi) is 5.02. The van der Waals surface area contributed by atoms with Crippen molar-refractivity contribution in [3.8, 4) is 16.9 Å². The molecule has 0 aliphatic heterocycles. The first-order chi connectivity index (χ1) is 13.8. The Morgan fingerprint density at radius 3 is 2.52 bits per heavy atom. The van der Waals surface area contributed by atoms with Gasteiger partial charge >= 0.3 is 6.18 Å². The molecule has 3 nitrogen and oxygen atoms in total. The smallest absolute Gasteiger partial charge is 0.411 e. The number of hydrogen-bond donors (Lipinski definition) is 1. The molecule has 0 amide bonds. The summed E-state index contributed by atoms with van der Waals surface area (Å²) in [6.45, 7) is 2.04. The lowest BCUT2D eigenvalue weighted by atomic mass is 9.87. The number of nitrogens with zero attached hydrogens (tertiary/aromatic N) is 2. The molecule has 1 atom stereocenters. The quantitative estimate of drug-likeness (QED) is 0.334. The van der Waals surface area contributed by atoms with Crippen molar-refractivity contribution in [1.82, 2.24) is 4.57 Å². The molecule has 29 heavy (non-hydrogen) atoms. The van der Waals surface area contributed by atoms with E-state index in [0.29, 0.717) is 24.2 Å². The summed E-state index contributed by atoms with van der Waals surface area (Å²) in [6.07, 6.45) is -3.13. The summed E-state index contributed by atoms with van der Waals surface area (Å²) < 4.78 is 42.7. The standard InChI is InChI=1S/C22H18BrF3N2O/c1-13-8-19(27-29)18-12-20(14-4-2-6-16(23)10-14)28(21(18)9-13)17-7-3-5-15(11-17)22(24,25)26/h2-7,10-13,29H,8-9H2,1H3/b27-19-. The van der Waals surface area contributed by atoms with Crippen molar-refractivity contribution in [2.45, 2.75) is 25.9 Å². The second-order valence-electron chi connectivity index (χ2n) is 7.34. The minimum atomic E-state index is -4.43. The first kappa shape index (κ1) is 19.8. The normalized spacial score (nSPS) is 18.1. The van der Waals surface area contributed by atoms with E-state index in [-0.39, 0.29) is 5.92 Å². The molecule has 1 heterocycles. The van der Waals surface area contributed by atoms with Crippen LogP contribution in [0.2, 0.25) is 0 Å². The molecule has 1 N–H and O–H groups in total. The van der Waals surface area contributed by atoms with E-state index < -0.39 is 11.7 Å². The van der Waals surface area contributed by atoms with Crippen molar-refractivity contribution in [1.29, 1.82) is 0 Å². The highest BCUT2D eigenvalue weighted by Gasteiger charge is 2.32. The van der Waals surface area contributed by atoms with Crippen LogP contribution in [0, 0.1) is 5.92 Å². The monoisotopic (exact) mass is 462 g/mol. The number of benzene rings is 2. The Balaban J connectivity index is 2.01. The fourth-order valence-corrected chi connectivity index (χ4v) is 4.31.